The van der Waals surface area contributed by atoms with E-state index >= 15 is 0 Å². The number of H-pyrrole nitrogens is 1. The van der Waals surface area contributed by atoms with Gasteiger partial charge in [-0.05, 0) is 23.6 Å². The summed E-state index contributed by atoms with van der Waals surface area (Å²) in [6.07, 6.45) is 0. The van der Waals surface area contributed by atoms with Crippen LogP contribution in [0.5, 0.6) is 0 Å². The molecule has 1 aromatic carbocycles. The Kier molecular flexibility index (Phi) is 2.61. The number of nitrogens with two attached hydrogens (primary N) is 1. The Morgan fingerprint density at radius 1 is 1.28 bits per heavy atom. The standard InChI is InChI=1S/C12H9F2N3S/c13-6-3-4-7-11(9(6)14)17-12(16-7)10(15)8-2-1-5-18-8/h1-5,10H,15H2,(H,16,17). The van der Waals surface area contributed by atoms with E-state index < -0.39 is 17.7 Å². The molecule has 3 nitrogen and oxygen atoms in total. The largest absolute Gasteiger partial charge is 0.340 e. The molecule has 18 heavy (non-hydrogen) atoms. The van der Waals surface area contributed by atoms with Gasteiger partial charge in [-0.2, -0.15) is 0 Å². The van der Waals surface area contributed by atoms with Gasteiger partial charge in [-0.25, -0.2) is 13.8 Å². The molecular formula is C12H9F2N3S. The molecule has 0 spiro atoms. The summed E-state index contributed by atoms with van der Waals surface area (Å²) >= 11 is 1.49. The Morgan fingerprint density at radius 2 is 2.11 bits per heavy atom. The lowest BCUT2D eigenvalue weighted by Crippen LogP contribution is -2.11. The highest BCUT2D eigenvalue weighted by Crippen LogP contribution is 2.25. The van der Waals surface area contributed by atoms with Gasteiger partial charge in [0.2, 0.25) is 0 Å². The van der Waals surface area contributed by atoms with Gasteiger partial charge in [0.15, 0.2) is 11.6 Å². The maximum Gasteiger partial charge on any atom is 0.186 e. The SMILES string of the molecule is NC(c1nc2c(F)c(F)ccc2[nH]1)c1cccs1. The zero-order valence-electron chi connectivity index (χ0n) is 9.15. The molecule has 0 fully saturated rings. The van der Waals surface area contributed by atoms with Crippen LogP contribution >= 0.6 is 11.3 Å². The lowest BCUT2D eigenvalue weighted by atomic mass is 10.2. The van der Waals surface area contributed by atoms with E-state index in [1.807, 2.05) is 17.5 Å². The smallest absolute Gasteiger partial charge is 0.186 e. The molecule has 0 aliphatic heterocycles. The number of rotatable bonds is 2. The van der Waals surface area contributed by atoms with Crippen LogP contribution in [0.2, 0.25) is 0 Å². The molecule has 1 atom stereocenters. The minimum absolute atomic E-state index is 0.0167. The van der Waals surface area contributed by atoms with Gasteiger partial charge in [0.05, 0.1) is 11.6 Å². The third kappa shape index (κ3) is 1.70. The number of benzene rings is 1. The maximum absolute atomic E-state index is 13.5. The van der Waals surface area contributed by atoms with Crippen LogP contribution in [-0.2, 0) is 0 Å². The number of nitrogens with one attached hydrogen (secondary N) is 1. The zero-order valence-corrected chi connectivity index (χ0v) is 9.97. The molecule has 3 N–H and O–H groups in total. The lowest BCUT2D eigenvalue weighted by molar-refractivity contribution is 0.515. The number of aromatic amines is 1. The van der Waals surface area contributed by atoms with E-state index in [4.69, 9.17) is 5.73 Å². The fourth-order valence-corrected chi connectivity index (χ4v) is 2.52. The van der Waals surface area contributed by atoms with Crippen molar-refractivity contribution >= 4 is 22.4 Å². The van der Waals surface area contributed by atoms with Gasteiger partial charge in [0, 0.05) is 4.88 Å². The van der Waals surface area contributed by atoms with E-state index in [2.05, 4.69) is 9.97 Å². The normalized spacial score (nSPS) is 13.1. The molecule has 0 saturated carbocycles. The van der Waals surface area contributed by atoms with Crippen molar-refractivity contribution < 1.29 is 8.78 Å². The second-order valence-electron chi connectivity index (χ2n) is 3.87. The quantitative estimate of drug-likeness (QED) is 0.748. The molecule has 0 aliphatic rings. The topological polar surface area (TPSA) is 54.7 Å². The van der Waals surface area contributed by atoms with Crippen molar-refractivity contribution in [1.82, 2.24) is 9.97 Å². The summed E-state index contributed by atoms with van der Waals surface area (Å²) in [7, 11) is 0. The number of fused-ring (bicyclic) bond motifs is 1. The number of imidazole rings is 1. The molecule has 0 amide bonds. The van der Waals surface area contributed by atoms with Crippen molar-refractivity contribution in [2.45, 2.75) is 6.04 Å². The maximum atomic E-state index is 13.5. The molecule has 92 valence electrons. The first-order valence-corrected chi connectivity index (χ1v) is 6.17. The summed E-state index contributed by atoms with van der Waals surface area (Å²) in [5.74, 6) is -1.43. The third-order valence-corrected chi connectivity index (χ3v) is 3.66. The van der Waals surface area contributed by atoms with Crippen molar-refractivity contribution in [3.05, 3.63) is 52.0 Å². The first-order chi connectivity index (χ1) is 8.66. The van der Waals surface area contributed by atoms with Gasteiger partial charge in [-0.1, -0.05) is 6.07 Å². The van der Waals surface area contributed by atoms with E-state index in [-0.39, 0.29) is 5.52 Å². The van der Waals surface area contributed by atoms with Crippen molar-refractivity contribution in [1.29, 1.82) is 0 Å². The number of hydrogen-bond donors (Lipinski definition) is 2. The van der Waals surface area contributed by atoms with Crippen LogP contribution in [0.3, 0.4) is 0 Å². The third-order valence-electron chi connectivity index (χ3n) is 2.71. The molecule has 0 radical (unpaired) electrons. The van der Waals surface area contributed by atoms with Crippen molar-refractivity contribution in [2.75, 3.05) is 0 Å². The lowest BCUT2D eigenvalue weighted by Gasteiger charge is -2.04. The van der Waals surface area contributed by atoms with Gasteiger partial charge in [0.25, 0.3) is 0 Å². The number of aromatic nitrogens is 2. The molecule has 0 aliphatic carbocycles. The first-order valence-electron chi connectivity index (χ1n) is 5.29. The van der Waals surface area contributed by atoms with Crippen molar-refractivity contribution in [3.63, 3.8) is 0 Å². The van der Waals surface area contributed by atoms with E-state index in [9.17, 15) is 8.78 Å². The minimum Gasteiger partial charge on any atom is -0.340 e. The van der Waals surface area contributed by atoms with Crippen LogP contribution in [-0.4, -0.2) is 9.97 Å². The van der Waals surface area contributed by atoms with Crippen molar-refractivity contribution in [3.8, 4) is 0 Å². The second-order valence-corrected chi connectivity index (χ2v) is 4.85. The average Bonchev–Trinajstić information content (AvgIpc) is 3.01. The van der Waals surface area contributed by atoms with Crippen LogP contribution in [0.15, 0.2) is 29.6 Å². The summed E-state index contributed by atoms with van der Waals surface area (Å²) in [4.78, 5) is 7.87. The minimum atomic E-state index is -0.951. The summed E-state index contributed by atoms with van der Waals surface area (Å²) in [6.45, 7) is 0. The summed E-state index contributed by atoms with van der Waals surface area (Å²) < 4.78 is 26.6. The van der Waals surface area contributed by atoms with Gasteiger partial charge >= 0.3 is 0 Å². The number of nitrogens with zero attached hydrogens (tertiary/aromatic N) is 1. The number of hydrogen-bond acceptors (Lipinski definition) is 3. The van der Waals surface area contributed by atoms with Crippen LogP contribution in [0.4, 0.5) is 8.78 Å². The molecule has 2 heterocycles. The Balaban J connectivity index is 2.11. The van der Waals surface area contributed by atoms with Gasteiger partial charge < -0.3 is 10.7 Å². The highest BCUT2D eigenvalue weighted by atomic mass is 32.1. The number of thiophene rings is 1. The summed E-state index contributed by atoms with van der Waals surface area (Å²) in [5, 5.41) is 1.90. The van der Waals surface area contributed by atoms with Gasteiger partial charge in [0.1, 0.15) is 11.3 Å². The van der Waals surface area contributed by atoms with E-state index in [1.54, 1.807) is 0 Å². The Labute approximate surface area is 105 Å². The van der Waals surface area contributed by atoms with Crippen LogP contribution in [0.1, 0.15) is 16.7 Å². The summed E-state index contributed by atoms with van der Waals surface area (Å²) in [5.41, 5.74) is 6.44. The predicted octanol–water partition coefficient (Wildman–Crippen LogP) is 2.95. The fourth-order valence-electron chi connectivity index (χ4n) is 1.79. The second kappa shape index (κ2) is 4.15. The van der Waals surface area contributed by atoms with Gasteiger partial charge in [-0.3, -0.25) is 0 Å². The highest BCUT2D eigenvalue weighted by molar-refractivity contribution is 7.10. The van der Waals surface area contributed by atoms with E-state index in [0.29, 0.717) is 11.3 Å². The van der Waals surface area contributed by atoms with E-state index in [1.165, 1.54) is 17.4 Å². The van der Waals surface area contributed by atoms with Crippen LogP contribution in [0, 0.1) is 11.6 Å². The molecule has 0 saturated heterocycles. The summed E-state index contributed by atoms with van der Waals surface area (Å²) in [6, 6.07) is 5.81. The highest BCUT2D eigenvalue weighted by Gasteiger charge is 2.17. The fraction of sp³-hybridized carbons (Fsp3) is 0.0833. The zero-order chi connectivity index (χ0) is 12.7. The van der Waals surface area contributed by atoms with Crippen LogP contribution < -0.4 is 5.73 Å². The monoisotopic (exact) mass is 265 g/mol. The Bertz CT molecular complexity index is 691. The van der Waals surface area contributed by atoms with Crippen molar-refractivity contribution in [2.24, 2.45) is 5.73 Å². The predicted molar refractivity (Wildman–Crippen MR) is 66.4 cm³/mol. The molecule has 1 unspecified atom stereocenters. The van der Waals surface area contributed by atoms with Gasteiger partial charge in [-0.15, -0.1) is 11.3 Å². The average molecular weight is 265 g/mol. The van der Waals surface area contributed by atoms with E-state index in [0.717, 1.165) is 10.9 Å². The molecular weight excluding hydrogens is 256 g/mol. The molecule has 3 rings (SSSR count). The van der Waals surface area contributed by atoms with Crippen LogP contribution in [0.25, 0.3) is 11.0 Å². The molecule has 0 bridgehead atoms. The Morgan fingerprint density at radius 3 is 2.83 bits per heavy atom. The molecule has 2 aromatic heterocycles. The first kappa shape index (κ1) is 11.3. The Hall–Kier alpha value is -1.79. The molecule has 6 heteroatoms. The number of halogens is 2. The molecule has 3 aromatic rings.